The molecule has 0 aromatic rings. The van der Waals surface area contributed by atoms with Gasteiger partial charge >= 0.3 is 0 Å². The summed E-state index contributed by atoms with van der Waals surface area (Å²) in [7, 11) is -1.39. The summed E-state index contributed by atoms with van der Waals surface area (Å²) >= 11 is 0. The van der Waals surface area contributed by atoms with Crippen molar-refractivity contribution < 1.29 is 17.9 Å². The van der Waals surface area contributed by atoms with Crippen molar-refractivity contribution in [2.75, 3.05) is 59.3 Å². The number of nitrogens with one attached hydrogen (secondary N) is 2. The summed E-state index contributed by atoms with van der Waals surface area (Å²) in [6, 6.07) is 0. The Morgan fingerprint density at radius 3 is 2.54 bits per heavy atom. The van der Waals surface area contributed by atoms with Gasteiger partial charge in [-0.2, -0.15) is 0 Å². The second-order valence-electron chi connectivity index (χ2n) is 6.10. The van der Waals surface area contributed by atoms with Crippen LogP contribution in [0.3, 0.4) is 0 Å². The Labute approximate surface area is 175 Å². The van der Waals surface area contributed by atoms with E-state index in [1.807, 2.05) is 6.92 Å². The minimum absolute atomic E-state index is 0. The molecule has 0 amide bonds. The molecule has 1 saturated heterocycles. The second-order valence-corrected chi connectivity index (χ2v) is 8.08. The molecule has 1 unspecified atom stereocenters. The van der Waals surface area contributed by atoms with Gasteiger partial charge in [-0.1, -0.05) is 6.92 Å². The van der Waals surface area contributed by atoms with Crippen molar-refractivity contribution in [1.29, 1.82) is 0 Å². The zero-order chi connectivity index (χ0) is 18.5. The number of rotatable bonds is 12. The van der Waals surface area contributed by atoms with Gasteiger partial charge in [0.05, 0.1) is 19.0 Å². The van der Waals surface area contributed by atoms with Gasteiger partial charge in [-0.05, 0) is 25.7 Å². The third-order valence-corrected chi connectivity index (χ3v) is 5.39. The van der Waals surface area contributed by atoms with E-state index >= 15 is 0 Å². The van der Waals surface area contributed by atoms with Crippen molar-refractivity contribution in [2.24, 2.45) is 4.99 Å². The molecule has 2 N–H and O–H groups in total. The highest BCUT2D eigenvalue weighted by Crippen LogP contribution is 2.11. The molecular weight excluding hydrogens is 471 g/mol. The Morgan fingerprint density at radius 2 is 2.00 bits per heavy atom. The Balaban J connectivity index is 0.00000625. The number of ether oxygens (including phenoxy) is 2. The van der Waals surface area contributed by atoms with Crippen LogP contribution in [-0.2, 0) is 19.5 Å². The maximum atomic E-state index is 11.5. The number of hydrogen-bond acceptors (Lipinski definition) is 5. The quantitative estimate of drug-likeness (QED) is 0.178. The van der Waals surface area contributed by atoms with E-state index in [1.165, 1.54) is 10.6 Å². The summed E-state index contributed by atoms with van der Waals surface area (Å²) < 4.78 is 35.6. The van der Waals surface area contributed by atoms with Crippen LogP contribution in [-0.4, -0.2) is 84.1 Å². The minimum Gasteiger partial charge on any atom is -0.379 e. The van der Waals surface area contributed by atoms with E-state index in [9.17, 15) is 8.42 Å². The summed E-state index contributed by atoms with van der Waals surface area (Å²) in [5.74, 6) is 0.724. The molecule has 1 fully saturated rings. The number of nitrogens with zero attached hydrogens (tertiary/aromatic N) is 2. The first-order valence-electron chi connectivity index (χ1n) is 9.06. The molecule has 0 spiro atoms. The zero-order valence-electron chi connectivity index (χ0n) is 16.2. The Kier molecular flexibility index (Phi) is 14.7. The lowest BCUT2D eigenvalue weighted by atomic mass is 10.2. The van der Waals surface area contributed by atoms with Gasteiger partial charge in [0.25, 0.3) is 0 Å². The van der Waals surface area contributed by atoms with Crippen molar-refractivity contribution in [1.82, 2.24) is 14.9 Å². The van der Waals surface area contributed by atoms with E-state index in [-0.39, 0.29) is 30.1 Å². The average Bonchev–Trinajstić information content (AvgIpc) is 3.08. The highest BCUT2D eigenvalue weighted by atomic mass is 127. The third-order valence-electron chi connectivity index (χ3n) is 4.01. The minimum atomic E-state index is -3.11. The predicted molar refractivity (Wildman–Crippen MR) is 116 cm³/mol. The number of hydrogen-bond donors (Lipinski definition) is 2. The van der Waals surface area contributed by atoms with E-state index in [0.29, 0.717) is 32.8 Å². The lowest BCUT2D eigenvalue weighted by Gasteiger charge is -2.18. The Hall–Kier alpha value is -0.170. The number of sulfonamides is 1. The number of halogens is 1. The predicted octanol–water partition coefficient (Wildman–Crippen LogP) is 1.03. The highest BCUT2D eigenvalue weighted by Gasteiger charge is 2.15. The maximum Gasteiger partial charge on any atom is 0.211 e. The molecule has 156 valence electrons. The largest absolute Gasteiger partial charge is 0.379 e. The van der Waals surface area contributed by atoms with Crippen LogP contribution >= 0.6 is 24.0 Å². The van der Waals surface area contributed by atoms with Gasteiger partial charge in [0.15, 0.2) is 5.96 Å². The van der Waals surface area contributed by atoms with Crippen LogP contribution in [0.15, 0.2) is 4.99 Å². The van der Waals surface area contributed by atoms with Crippen LogP contribution in [0.1, 0.15) is 32.6 Å². The van der Waals surface area contributed by atoms with Gasteiger partial charge in [-0.15, -0.1) is 24.0 Å². The van der Waals surface area contributed by atoms with E-state index in [4.69, 9.17) is 9.47 Å². The van der Waals surface area contributed by atoms with Gasteiger partial charge in [0.2, 0.25) is 10.0 Å². The first kappa shape index (κ1) is 25.8. The summed E-state index contributed by atoms with van der Waals surface area (Å²) in [6.45, 7) is 6.53. The molecule has 8 nitrogen and oxygen atoms in total. The van der Waals surface area contributed by atoms with Gasteiger partial charge in [0, 0.05) is 46.4 Å². The fraction of sp³-hybridized carbons (Fsp3) is 0.938. The van der Waals surface area contributed by atoms with Gasteiger partial charge in [0.1, 0.15) is 0 Å². The first-order valence-corrected chi connectivity index (χ1v) is 10.9. The molecular formula is C16H35IN4O4S. The molecule has 0 aromatic heterocycles. The summed E-state index contributed by atoms with van der Waals surface area (Å²) in [5, 5.41) is 6.42. The molecule has 0 radical (unpaired) electrons. The Bertz CT molecular complexity index is 485. The van der Waals surface area contributed by atoms with Crippen LogP contribution in [0.2, 0.25) is 0 Å². The average molecular weight is 506 g/mol. The Morgan fingerprint density at radius 1 is 1.31 bits per heavy atom. The zero-order valence-corrected chi connectivity index (χ0v) is 19.3. The van der Waals surface area contributed by atoms with E-state index < -0.39 is 10.0 Å². The molecule has 0 aromatic carbocycles. The molecule has 1 heterocycles. The maximum absolute atomic E-state index is 11.5. The molecule has 0 aliphatic carbocycles. The fourth-order valence-electron chi connectivity index (χ4n) is 2.61. The van der Waals surface area contributed by atoms with E-state index in [2.05, 4.69) is 15.6 Å². The van der Waals surface area contributed by atoms with E-state index in [1.54, 1.807) is 7.05 Å². The number of guanidine groups is 1. The highest BCUT2D eigenvalue weighted by molar-refractivity contribution is 14.0. The van der Waals surface area contributed by atoms with Crippen LogP contribution in [0.4, 0.5) is 0 Å². The molecule has 0 bridgehead atoms. The summed E-state index contributed by atoms with van der Waals surface area (Å²) in [5.41, 5.74) is 0. The molecule has 1 aliphatic heterocycles. The van der Waals surface area contributed by atoms with Gasteiger partial charge in [-0.3, -0.25) is 4.99 Å². The van der Waals surface area contributed by atoms with Crippen molar-refractivity contribution >= 4 is 40.0 Å². The fourth-order valence-corrected chi connectivity index (χ4v) is 3.54. The molecule has 10 heteroatoms. The van der Waals surface area contributed by atoms with Crippen molar-refractivity contribution in [3.63, 3.8) is 0 Å². The lowest BCUT2D eigenvalue weighted by molar-refractivity contribution is 0.0168. The molecule has 26 heavy (non-hydrogen) atoms. The van der Waals surface area contributed by atoms with Gasteiger partial charge in [-0.25, -0.2) is 12.7 Å². The first-order chi connectivity index (χ1) is 12.0. The summed E-state index contributed by atoms with van der Waals surface area (Å²) in [4.78, 5) is 4.16. The molecule has 1 aliphatic rings. The topological polar surface area (TPSA) is 92.3 Å². The van der Waals surface area contributed by atoms with Crippen molar-refractivity contribution in [3.8, 4) is 0 Å². The third kappa shape index (κ3) is 11.5. The van der Waals surface area contributed by atoms with Crippen LogP contribution in [0, 0.1) is 0 Å². The molecule has 1 atom stereocenters. The van der Waals surface area contributed by atoms with Crippen molar-refractivity contribution in [2.45, 2.75) is 38.7 Å². The lowest BCUT2D eigenvalue weighted by Crippen LogP contribution is -2.40. The smallest absolute Gasteiger partial charge is 0.211 e. The molecule has 0 saturated carbocycles. The second kappa shape index (κ2) is 14.8. The van der Waals surface area contributed by atoms with Gasteiger partial charge < -0.3 is 20.1 Å². The molecule has 1 rings (SSSR count). The van der Waals surface area contributed by atoms with Crippen molar-refractivity contribution in [3.05, 3.63) is 0 Å². The van der Waals surface area contributed by atoms with E-state index in [0.717, 1.165) is 44.8 Å². The standard InChI is InChI=1S/C16H34N4O4S.HI/c1-4-20(25(3,21)22)11-6-9-18-16(17-2)19-10-7-12-23-14-15-8-5-13-24-15;/h15H,4-14H2,1-3H3,(H2,17,18,19);1H. The summed E-state index contributed by atoms with van der Waals surface area (Å²) in [6.07, 6.45) is 5.38. The SMILES string of the molecule is CCN(CCCNC(=NC)NCCCOCC1CCCO1)S(C)(=O)=O.I. The normalized spacial score (nSPS) is 18.0. The van der Waals surface area contributed by atoms with Crippen LogP contribution in [0.25, 0.3) is 0 Å². The van der Waals surface area contributed by atoms with Crippen LogP contribution in [0.5, 0.6) is 0 Å². The number of aliphatic imine (C=N–C) groups is 1. The van der Waals surface area contributed by atoms with Crippen LogP contribution < -0.4 is 10.6 Å². The monoisotopic (exact) mass is 506 g/mol.